The van der Waals surface area contributed by atoms with Gasteiger partial charge in [0.2, 0.25) is 0 Å². The van der Waals surface area contributed by atoms with E-state index in [1.807, 2.05) is 0 Å². The average Bonchev–Trinajstić information content (AvgIpc) is 3.30. The lowest BCUT2D eigenvalue weighted by molar-refractivity contribution is -0.0500. The molecule has 2 amide bonds. The third kappa shape index (κ3) is 8.38. The van der Waals surface area contributed by atoms with E-state index in [0.717, 1.165) is 18.3 Å². The largest absolute Gasteiger partial charge is 0.444 e. The zero-order chi connectivity index (χ0) is 30.5. The number of aliphatic imine (C=N–C) groups is 1. The Morgan fingerprint density at radius 3 is 2.39 bits per heavy atom. The maximum Gasteiger partial charge on any atom is 0.413 e. The third-order valence-corrected chi connectivity index (χ3v) is 7.62. The molecule has 0 fully saturated rings. The number of alkyl halides is 2. The number of alkyl carbamates (subject to hydrolysis) is 1. The van der Waals surface area contributed by atoms with Crippen molar-refractivity contribution in [1.29, 1.82) is 0 Å². The van der Waals surface area contributed by atoms with Gasteiger partial charge in [0.1, 0.15) is 45.7 Å². The number of ether oxygens (including phenoxy) is 2. The van der Waals surface area contributed by atoms with Gasteiger partial charge < -0.3 is 14.8 Å². The number of carbonyl (C=O) groups is 2. The van der Waals surface area contributed by atoms with Crippen molar-refractivity contribution in [2.45, 2.75) is 71.0 Å². The molecular formula is C26H33F3N6O5S. The molecule has 2 N–H and O–H groups in total. The van der Waals surface area contributed by atoms with E-state index in [4.69, 9.17) is 9.73 Å². The minimum atomic E-state index is -3.05. The second-order valence-electron chi connectivity index (χ2n) is 10.6. The van der Waals surface area contributed by atoms with Crippen LogP contribution in [-0.2, 0) is 20.9 Å². The lowest BCUT2D eigenvalue weighted by atomic mass is 9.90. The van der Waals surface area contributed by atoms with Gasteiger partial charge in [0.05, 0.1) is 11.4 Å². The van der Waals surface area contributed by atoms with Gasteiger partial charge in [0.25, 0.3) is 5.91 Å². The first-order valence-corrected chi connectivity index (χ1v) is 14.0. The van der Waals surface area contributed by atoms with Crippen LogP contribution in [0.2, 0.25) is 0 Å². The van der Waals surface area contributed by atoms with E-state index in [-0.39, 0.29) is 41.3 Å². The molecule has 1 aliphatic heterocycles. The number of thiol groups is 1. The summed E-state index contributed by atoms with van der Waals surface area (Å²) in [4.78, 5) is 38.1. The SMILES string of the molecule is CC(C)/C(=N\[C@](C)(c1nc(NC(=O)c2ccc(OC(F)F)cn2)ccc1F)[C@H]1CCN=[SH]1=O)NC(=O)OC(C)(C)C. The smallest absolute Gasteiger partial charge is 0.413 e. The van der Waals surface area contributed by atoms with Crippen LogP contribution in [0.5, 0.6) is 5.75 Å². The first-order valence-electron chi connectivity index (χ1n) is 12.7. The van der Waals surface area contributed by atoms with Crippen LogP contribution in [0, 0.1) is 11.7 Å². The van der Waals surface area contributed by atoms with Crippen molar-refractivity contribution < 1.29 is 36.4 Å². The fourth-order valence-corrected chi connectivity index (χ4v) is 5.42. The van der Waals surface area contributed by atoms with Gasteiger partial charge in [0.15, 0.2) is 0 Å². The van der Waals surface area contributed by atoms with E-state index < -0.39 is 51.4 Å². The topological polar surface area (TPSA) is 144 Å². The van der Waals surface area contributed by atoms with Crippen molar-refractivity contribution in [3.63, 3.8) is 0 Å². The fourth-order valence-electron chi connectivity index (χ4n) is 3.96. The van der Waals surface area contributed by atoms with Crippen LogP contribution in [0.4, 0.5) is 23.8 Å². The van der Waals surface area contributed by atoms with E-state index in [9.17, 15) is 22.6 Å². The summed E-state index contributed by atoms with van der Waals surface area (Å²) < 4.78 is 66.8. The van der Waals surface area contributed by atoms with E-state index >= 15 is 4.39 Å². The van der Waals surface area contributed by atoms with Crippen LogP contribution in [0.3, 0.4) is 0 Å². The summed E-state index contributed by atoms with van der Waals surface area (Å²) in [6.07, 6.45) is 0.517. The van der Waals surface area contributed by atoms with Gasteiger partial charge in [-0.2, -0.15) is 8.78 Å². The molecule has 0 radical (unpaired) electrons. The summed E-state index contributed by atoms with van der Waals surface area (Å²) in [7, 11) is -2.16. The van der Waals surface area contributed by atoms with E-state index in [1.165, 1.54) is 12.1 Å². The normalized spacial score (nSPS) is 19.0. The summed E-state index contributed by atoms with van der Waals surface area (Å²) >= 11 is 0. The van der Waals surface area contributed by atoms with Crippen molar-refractivity contribution in [2.24, 2.45) is 15.3 Å². The van der Waals surface area contributed by atoms with Crippen molar-refractivity contribution in [2.75, 3.05) is 11.9 Å². The first kappa shape index (κ1) is 31.8. The van der Waals surface area contributed by atoms with Gasteiger partial charge in [-0.15, -0.1) is 0 Å². The monoisotopic (exact) mass is 598 g/mol. The van der Waals surface area contributed by atoms with Crippen molar-refractivity contribution in [3.8, 4) is 5.75 Å². The number of nitrogens with zero attached hydrogens (tertiary/aromatic N) is 4. The van der Waals surface area contributed by atoms with E-state index in [1.54, 1.807) is 41.5 Å². The summed E-state index contributed by atoms with van der Waals surface area (Å²) in [5, 5.41) is 4.35. The number of nitrogens with one attached hydrogen (secondary N) is 2. The lowest BCUT2D eigenvalue weighted by Gasteiger charge is -2.32. The molecule has 0 saturated heterocycles. The van der Waals surface area contributed by atoms with Crippen LogP contribution in [0.15, 0.2) is 39.8 Å². The highest BCUT2D eigenvalue weighted by atomic mass is 32.2. The lowest BCUT2D eigenvalue weighted by Crippen LogP contribution is -2.43. The zero-order valence-corrected chi connectivity index (χ0v) is 24.3. The number of amidine groups is 1. The molecule has 3 atom stereocenters. The molecule has 1 unspecified atom stereocenters. The van der Waals surface area contributed by atoms with Gasteiger partial charge in [-0.05, 0) is 58.4 Å². The molecule has 15 heteroatoms. The number of aromatic nitrogens is 2. The summed E-state index contributed by atoms with van der Waals surface area (Å²) in [6, 6.07) is 4.62. The highest BCUT2D eigenvalue weighted by Gasteiger charge is 2.43. The molecule has 11 nitrogen and oxygen atoms in total. The molecule has 0 aliphatic carbocycles. The number of hydrogen-bond acceptors (Lipinski definition) is 9. The minimum absolute atomic E-state index is 0.0705. The zero-order valence-electron chi connectivity index (χ0n) is 23.4. The molecule has 2 aromatic rings. The highest BCUT2D eigenvalue weighted by molar-refractivity contribution is 7.75. The molecule has 41 heavy (non-hydrogen) atoms. The summed E-state index contributed by atoms with van der Waals surface area (Å²) in [6.45, 7) is 7.41. The number of anilines is 1. The van der Waals surface area contributed by atoms with E-state index in [2.05, 4.69) is 29.7 Å². The summed E-state index contributed by atoms with van der Waals surface area (Å²) in [5.41, 5.74) is -2.71. The van der Waals surface area contributed by atoms with Crippen LogP contribution < -0.4 is 15.4 Å². The third-order valence-electron chi connectivity index (χ3n) is 5.85. The van der Waals surface area contributed by atoms with Crippen molar-refractivity contribution in [3.05, 3.63) is 47.7 Å². The summed E-state index contributed by atoms with van der Waals surface area (Å²) in [5.74, 6) is -2.03. The molecule has 0 aromatic carbocycles. The Labute approximate surface area is 237 Å². The standard InChI is InChI=1S/C26H33F3N6O5S/c1-14(2)21(34-24(37)40-25(3,4)5)35-26(6,18-11-12-31-41(18)38)20-16(27)8-10-19(32-20)33-22(36)17-9-7-15(13-30-17)39-23(28)29/h7-10,13-14,18,23,41H,11-12H2,1-6H3,(H,32,33,36)(H,34,35,37)/t18-,26+/m1/s1. The molecule has 1 aliphatic rings. The van der Waals surface area contributed by atoms with Gasteiger partial charge in [-0.3, -0.25) is 19.3 Å². The molecule has 0 bridgehead atoms. The van der Waals surface area contributed by atoms with Crippen molar-refractivity contribution in [1.82, 2.24) is 15.3 Å². The quantitative estimate of drug-likeness (QED) is 0.227. The number of pyridine rings is 2. The molecule has 3 rings (SSSR count). The molecule has 2 aromatic heterocycles. The Bertz CT molecular complexity index is 1390. The minimum Gasteiger partial charge on any atom is -0.444 e. The molecule has 0 saturated carbocycles. The van der Waals surface area contributed by atoms with Gasteiger partial charge in [-0.25, -0.2) is 23.5 Å². The van der Waals surface area contributed by atoms with Gasteiger partial charge in [-0.1, -0.05) is 13.8 Å². The maximum atomic E-state index is 15.4. The Morgan fingerprint density at radius 2 is 1.85 bits per heavy atom. The Hall–Kier alpha value is -3.75. The number of hydrogen-bond donors (Lipinski definition) is 3. The second kappa shape index (κ2) is 12.8. The molecule has 224 valence electrons. The first-order chi connectivity index (χ1) is 19.1. The fraction of sp³-hybridized carbons (Fsp3) is 0.500. The van der Waals surface area contributed by atoms with E-state index in [0.29, 0.717) is 6.42 Å². The molecular weight excluding hydrogens is 565 g/mol. The van der Waals surface area contributed by atoms with Crippen LogP contribution in [0.1, 0.15) is 64.1 Å². The van der Waals surface area contributed by atoms with Gasteiger partial charge in [0, 0.05) is 23.1 Å². The Morgan fingerprint density at radius 1 is 1.15 bits per heavy atom. The van der Waals surface area contributed by atoms with Crippen LogP contribution >= 0.6 is 0 Å². The number of halogens is 3. The number of amides is 2. The Balaban J connectivity index is 2.00. The van der Waals surface area contributed by atoms with Crippen LogP contribution in [-0.4, -0.2) is 56.0 Å². The number of rotatable bonds is 8. The number of carbonyl (C=O) groups excluding carboxylic acids is 2. The van der Waals surface area contributed by atoms with Crippen molar-refractivity contribution >= 4 is 34.2 Å². The average molecular weight is 599 g/mol. The highest BCUT2D eigenvalue weighted by Crippen LogP contribution is 2.37. The maximum absolute atomic E-state index is 15.4. The molecule has 3 heterocycles. The molecule has 0 spiro atoms. The van der Waals surface area contributed by atoms with Gasteiger partial charge >= 0.3 is 12.7 Å². The van der Waals surface area contributed by atoms with Crippen LogP contribution in [0.25, 0.3) is 0 Å². The Kier molecular flexibility index (Phi) is 9.94. The predicted octanol–water partition coefficient (Wildman–Crippen LogP) is 4.70. The second-order valence-corrected chi connectivity index (χ2v) is 12.1. The predicted molar refractivity (Wildman–Crippen MR) is 147 cm³/mol.